The van der Waals surface area contributed by atoms with Crippen LogP contribution < -0.4 is 48.0 Å². The summed E-state index contributed by atoms with van der Waals surface area (Å²) in [6.07, 6.45) is 9.52. The molecule has 0 fully saturated rings. The van der Waals surface area contributed by atoms with Crippen LogP contribution in [0.3, 0.4) is 0 Å². The van der Waals surface area contributed by atoms with Gasteiger partial charge in [-0.25, -0.2) is 0 Å². The van der Waals surface area contributed by atoms with E-state index in [0.29, 0.717) is 0 Å². The second-order valence-corrected chi connectivity index (χ2v) is 5.09. The summed E-state index contributed by atoms with van der Waals surface area (Å²) in [7, 11) is 0. The SMILES string of the molecule is CCCCC1=C(c2cc3ccccc3[cH-]2)CC=C1.[I-].[I-].[Zr+3]. The Morgan fingerprint density at radius 1 is 1.14 bits per heavy atom. The summed E-state index contributed by atoms with van der Waals surface area (Å²) in [6.45, 7) is 2.26. The quantitative estimate of drug-likeness (QED) is 0.337. The Morgan fingerprint density at radius 2 is 1.90 bits per heavy atom. The molecule has 0 amide bonds. The Hall–Kier alpha value is 0.653. The van der Waals surface area contributed by atoms with Gasteiger partial charge >= 0.3 is 26.2 Å². The van der Waals surface area contributed by atoms with Gasteiger partial charge in [-0.1, -0.05) is 61.3 Å². The molecule has 0 saturated carbocycles. The summed E-state index contributed by atoms with van der Waals surface area (Å²) in [4.78, 5) is 0. The summed E-state index contributed by atoms with van der Waals surface area (Å²) in [5.41, 5.74) is 4.51. The van der Waals surface area contributed by atoms with Crippen molar-refractivity contribution in [2.75, 3.05) is 0 Å². The van der Waals surface area contributed by atoms with Crippen molar-refractivity contribution in [3.63, 3.8) is 0 Å². The first kappa shape index (κ1) is 21.7. The van der Waals surface area contributed by atoms with Crippen molar-refractivity contribution >= 4 is 16.3 Å². The molecule has 0 heterocycles. The number of fused-ring (bicyclic) bond motifs is 1. The minimum atomic E-state index is 0. The van der Waals surface area contributed by atoms with Gasteiger partial charge in [0.25, 0.3) is 0 Å². The van der Waals surface area contributed by atoms with Crippen LogP contribution >= 0.6 is 0 Å². The van der Waals surface area contributed by atoms with Crippen LogP contribution in [0.15, 0.2) is 54.1 Å². The van der Waals surface area contributed by atoms with E-state index in [9.17, 15) is 0 Å². The van der Waals surface area contributed by atoms with Crippen LogP contribution in [0.5, 0.6) is 0 Å². The van der Waals surface area contributed by atoms with E-state index in [-0.39, 0.29) is 74.2 Å². The van der Waals surface area contributed by atoms with Crippen molar-refractivity contribution < 1.29 is 74.2 Å². The zero-order chi connectivity index (χ0) is 12.4. The van der Waals surface area contributed by atoms with E-state index in [4.69, 9.17) is 0 Å². The molecule has 21 heavy (non-hydrogen) atoms. The van der Waals surface area contributed by atoms with E-state index in [0.717, 1.165) is 6.42 Å². The molecule has 0 saturated heterocycles. The molecule has 3 heteroatoms. The molecule has 1 aliphatic rings. The fourth-order valence-electron chi connectivity index (χ4n) is 2.78. The zero-order valence-corrected chi connectivity index (χ0v) is 19.0. The fourth-order valence-corrected chi connectivity index (χ4v) is 2.78. The van der Waals surface area contributed by atoms with Crippen LogP contribution in [0.2, 0.25) is 0 Å². The topological polar surface area (TPSA) is 0 Å². The molecule has 2 aromatic rings. The van der Waals surface area contributed by atoms with Crippen molar-refractivity contribution in [3.8, 4) is 0 Å². The van der Waals surface area contributed by atoms with Crippen LogP contribution in [-0.2, 0) is 26.2 Å². The molecule has 109 valence electrons. The third kappa shape index (κ3) is 5.07. The standard InChI is InChI=1S/C18H19.2HI.Zr/c1-2-3-7-14-10-6-11-18(14)17-12-15-8-4-5-9-16(15)13-17;;;/h4-6,8-10,12-13H,2-3,7,11H2,1H3;2*1H;/q-1;;;+3/p-2. The first-order valence-corrected chi connectivity index (χ1v) is 6.93. The summed E-state index contributed by atoms with van der Waals surface area (Å²) in [5, 5.41) is 2.73. The number of hydrogen-bond donors (Lipinski definition) is 0. The van der Waals surface area contributed by atoms with E-state index in [1.54, 1.807) is 11.1 Å². The molecule has 0 nitrogen and oxygen atoms in total. The summed E-state index contributed by atoms with van der Waals surface area (Å²) in [6, 6.07) is 13.3. The maximum Gasteiger partial charge on any atom is 3.00 e. The van der Waals surface area contributed by atoms with Crippen molar-refractivity contribution in [1.29, 1.82) is 0 Å². The van der Waals surface area contributed by atoms with Crippen molar-refractivity contribution in [3.05, 3.63) is 59.7 Å². The average molecular weight is 580 g/mol. The van der Waals surface area contributed by atoms with Gasteiger partial charge in [-0.3, -0.25) is 0 Å². The zero-order valence-electron chi connectivity index (χ0n) is 12.2. The summed E-state index contributed by atoms with van der Waals surface area (Å²) in [5.74, 6) is 0. The molecule has 0 spiro atoms. The Bertz CT molecular complexity index is 590. The molecular weight excluding hydrogens is 561 g/mol. The maximum absolute atomic E-state index is 2.34. The minimum Gasteiger partial charge on any atom is -1.00 e. The number of unbranched alkanes of at least 4 members (excludes halogenated alkanes) is 1. The molecular formula is C18H19I2Zr. The number of halogens is 2. The number of benzene rings is 1. The Morgan fingerprint density at radius 3 is 2.62 bits per heavy atom. The molecule has 0 bridgehead atoms. The van der Waals surface area contributed by atoms with Gasteiger partial charge in [-0.2, -0.15) is 0 Å². The van der Waals surface area contributed by atoms with E-state index in [1.807, 2.05) is 0 Å². The molecule has 0 aromatic heterocycles. The van der Waals surface area contributed by atoms with Crippen molar-refractivity contribution in [1.82, 2.24) is 0 Å². The van der Waals surface area contributed by atoms with Gasteiger partial charge in [0.1, 0.15) is 0 Å². The van der Waals surface area contributed by atoms with Gasteiger partial charge in [0.15, 0.2) is 0 Å². The minimum absolute atomic E-state index is 0. The van der Waals surface area contributed by atoms with Crippen LogP contribution in [0.25, 0.3) is 16.3 Å². The van der Waals surface area contributed by atoms with Crippen molar-refractivity contribution in [2.45, 2.75) is 32.6 Å². The van der Waals surface area contributed by atoms with Crippen LogP contribution in [-0.4, -0.2) is 0 Å². The van der Waals surface area contributed by atoms with Gasteiger partial charge in [0, 0.05) is 0 Å². The number of rotatable bonds is 4. The monoisotopic (exact) mass is 579 g/mol. The molecule has 3 rings (SSSR count). The molecule has 2 aromatic carbocycles. The van der Waals surface area contributed by atoms with Crippen LogP contribution in [0, 0.1) is 0 Å². The predicted octanol–water partition coefficient (Wildman–Crippen LogP) is -0.532. The number of hydrogen-bond acceptors (Lipinski definition) is 0. The summed E-state index contributed by atoms with van der Waals surface area (Å²) >= 11 is 0. The second kappa shape index (κ2) is 10.4. The Balaban J connectivity index is 0.00000133. The number of allylic oxidation sites excluding steroid dienone is 4. The molecule has 0 aliphatic heterocycles. The van der Waals surface area contributed by atoms with Crippen LogP contribution in [0.4, 0.5) is 0 Å². The molecule has 0 atom stereocenters. The molecule has 0 N–H and O–H groups in total. The van der Waals surface area contributed by atoms with E-state index < -0.39 is 0 Å². The van der Waals surface area contributed by atoms with Gasteiger partial charge < -0.3 is 48.0 Å². The van der Waals surface area contributed by atoms with Gasteiger partial charge in [-0.15, -0.1) is 34.5 Å². The van der Waals surface area contributed by atoms with Gasteiger partial charge in [0.2, 0.25) is 0 Å². The normalized spacial score (nSPS) is 12.8. The first-order chi connectivity index (χ1) is 8.88. The molecule has 0 unspecified atom stereocenters. The average Bonchev–Trinajstić information content (AvgIpc) is 3.01. The van der Waals surface area contributed by atoms with E-state index in [2.05, 4.69) is 55.5 Å². The third-order valence-corrected chi connectivity index (χ3v) is 3.79. The van der Waals surface area contributed by atoms with Crippen LogP contribution in [0.1, 0.15) is 38.2 Å². The predicted molar refractivity (Wildman–Crippen MR) is 79.7 cm³/mol. The Labute approximate surface area is 181 Å². The van der Waals surface area contributed by atoms with Gasteiger partial charge in [0.05, 0.1) is 0 Å². The molecule has 1 radical (unpaired) electrons. The second-order valence-electron chi connectivity index (χ2n) is 5.09. The first-order valence-electron chi connectivity index (χ1n) is 6.93. The Kier molecular flexibility index (Phi) is 10.8. The van der Waals surface area contributed by atoms with Gasteiger partial charge in [-0.05, 0) is 12.8 Å². The van der Waals surface area contributed by atoms with E-state index >= 15 is 0 Å². The summed E-state index contributed by atoms with van der Waals surface area (Å²) < 4.78 is 0. The fraction of sp³-hybridized carbons (Fsp3) is 0.278. The largest absolute Gasteiger partial charge is 3.00 e. The maximum atomic E-state index is 2.34. The third-order valence-electron chi connectivity index (χ3n) is 3.79. The molecule has 1 aliphatic carbocycles. The van der Waals surface area contributed by atoms with E-state index in [1.165, 1.54) is 35.6 Å². The van der Waals surface area contributed by atoms with Crippen molar-refractivity contribution in [2.24, 2.45) is 0 Å². The smallest absolute Gasteiger partial charge is 1.00 e.